The second-order valence-corrected chi connectivity index (χ2v) is 4.95. The van der Waals surface area contributed by atoms with Gasteiger partial charge < -0.3 is 15.0 Å². The molecule has 0 aliphatic carbocycles. The van der Waals surface area contributed by atoms with E-state index >= 15 is 0 Å². The molecule has 0 aromatic heterocycles. The number of ether oxygens (including phenoxy) is 1. The van der Waals surface area contributed by atoms with Gasteiger partial charge in [0.05, 0.1) is 5.56 Å². The van der Waals surface area contributed by atoms with Crippen LogP contribution in [-0.4, -0.2) is 43.6 Å². The third-order valence-corrected chi connectivity index (χ3v) is 3.66. The molecule has 0 saturated carbocycles. The molecule has 1 N–H and O–H groups in total. The lowest BCUT2D eigenvalue weighted by Crippen LogP contribution is -2.44. The Morgan fingerprint density at radius 1 is 1.45 bits per heavy atom. The van der Waals surface area contributed by atoms with Gasteiger partial charge in [0.2, 0.25) is 0 Å². The molecule has 1 fully saturated rings. The molecule has 1 aromatic rings. The zero-order valence-electron chi connectivity index (χ0n) is 12.0. The first-order chi connectivity index (χ1) is 9.76. The molecule has 20 heavy (non-hydrogen) atoms. The molecule has 0 unspecified atom stereocenters. The van der Waals surface area contributed by atoms with Crippen LogP contribution in [0.2, 0.25) is 0 Å². The highest BCUT2D eigenvalue weighted by Gasteiger charge is 2.24. The molecule has 2 rings (SSSR count). The van der Waals surface area contributed by atoms with Crippen molar-refractivity contribution in [3.63, 3.8) is 0 Å². The van der Waals surface area contributed by atoms with Gasteiger partial charge in [-0.15, -0.1) is 0 Å². The molecule has 1 saturated heterocycles. The third kappa shape index (κ3) is 3.39. The van der Waals surface area contributed by atoms with Crippen LogP contribution in [0.15, 0.2) is 36.9 Å². The summed E-state index contributed by atoms with van der Waals surface area (Å²) in [6.07, 6.45) is 3.68. The Hall–Kier alpha value is -1.81. The first-order valence-electron chi connectivity index (χ1n) is 7.05. The lowest BCUT2D eigenvalue weighted by molar-refractivity contribution is 0.0703. The number of hydrogen-bond acceptors (Lipinski definition) is 3. The van der Waals surface area contributed by atoms with E-state index in [0.29, 0.717) is 24.0 Å². The van der Waals surface area contributed by atoms with Gasteiger partial charge in [-0.25, -0.2) is 0 Å². The highest BCUT2D eigenvalue weighted by Crippen LogP contribution is 2.22. The van der Waals surface area contributed by atoms with Gasteiger partial charge in [-0.2, -0.15) is 0 Å². The van der Waals surface area contributed by atoms with Gasteiger partial charge in [0.25, 0.3) is 5.91 Å². The zero-order valence-corrected chi connectivity index (χ0v) is 12.0. The van der Waals surface area contributed by atoms with Crippen molar-refractivity contribution < 1.29 is 9.53 Å². The molecule has 1 heterocycles. The number of benzene rings is 1. The summed E-state index contributed by atoms with van der Waals surface area (Å²) in [6, 6.07) is 7.92. The Bertz CT molecular complexity index is 465. The molecule has 0 atom stereocenters. The van der Waals surface area contributed by atoms with Crippen molar-refractivity contribution in [3.8, 4) is 5.75 Å². The number of likely N-dealkylation sites (tertiary alicyclic amines) is 1. The second kappa shape index (κ2) is 7.10. The minimum absolute atomic E-state index is 0.0548. The van der Waals surface area contributed by atoms with E-state index in [2.05, 4.69) is 11.9 Å². The van der Waals surface area contributed by atoms with E-state index in [1.54, 1.807) is 6.08 Å². The van der Waals surface area contributed by atoms with Crippen LogP contribution in [-0.2, 0) is 0 Å². The van der Waals surface area contributed by atoms with Crippen molar-refractivity contribution in [2.45, 2.75) is 18.9 Å². The molecule has 108 valence electrons. The predicted octanol–water partition coefficient (Wildman–Crippen LogP) is 2.08. The van der Waals surface area contributed by atoms with E-state index in [9.17, 15) is 4.79 Å². The van der Waals surface area contributed by atoms with Crippen molar-refractivity contribution in [3.05, 3.63) is 42.5 Å². The summed E-state index contributed by atoms with van der Waals surface area (Å²) in [4.78, 5) is 14.5. The molecule has 0 spiro atoms. The van der Waals surface area contributed by atoms with Gasteiger partial charge in [-0.3, -0.25) is 4.79 Å². The normalized spacial score (nSPS) is 15.9. The summed E-state index contributed by atoms with van der Waals surface area (Å²) in [5.74, 6) is 0.687. The maximum Gasteiger partial charge on any atom is 0.257 e. The lowest BCUT2D eigenvalue weighted by Gasteiger charge is -2.32. The van der Waals surface area contributed by atoms with Crippen LogP contribution in [0.5, 0.6) is 5.75 Å². The van der Waals surface area contributed by atoms with Crippen LogP contribution < -0.4 is 10.1 Å². The van der Waals surface area contributed by atoms with Gasteiger partial charge >= 0.3 is 0 Å². The van der Waals surface area contributed by atoms with Crippen molar-refractivity contribution in [2.24, 2.45) is 0 Å². The maximum absolute atomic E-state index is 12.6. The number of nitrogens with zero attached hydrogens (tertiary/aromatic N) is 1. The van der Waals surface area contributed by atoms with Crippen LogP contribution in [0, 0.1) is 0 Å². The number of nitrogens with one attached hydrogen (secondary N) is 1. The lowest BCUT2D eigenvalue weighted by atomic mass is 10.0. The first-order valence-corrected chi connectivity index (χ1v) is 7.05. The number of rotatable bonds is 5. The summed E-state index contributed by atoms with van der Waals surface area (Å²) >= 11 is 0. The number of piperidine rings is 1. The number of carbonyl (C=O) groups excluding carboxylic acids is 1. The molecular weight excluding hydrogens is 252 g/mol. The summed E-state index contributed by atoms with van der Waals surface area (Å²) < 4.78 is 5.56. The summed E-state index contributed by atoms with van der Waals surface area (Å²) in [6.45, 7) is 5.62. The molecular formula is C16H22N2O2. The zero-order chi connectivity index (χ0) is 14.4. The van der Waals surface area contributed by atoms with Crippen LogP contribution in [0.4, 0.5) is 0 Å². The highest BCUT2D eigenvalue weighted by atomic mass is 16.5. The largest absolute Gasteiger partial charge is 0.489 e. The SMILES string of the molecule is C=CCOc1ccccc1C(=O)N1CCC(NC)CC1. The average Bonchev–Trinajstić information content (AvgIpc) is 2.52. The van der Waals surface area contributed by atoms with Gasteiger partial charge in [0.1, 0.15) is 12.4 Å². The molecule has 0 radical (unpaired) electrons. The Balaban J connectivity index is 2.07. The molecule has 4 heteroatoms. The van der Waals surface area contributed by atoms with Crippen molar-refractivity contribution in [1.29, 1.82) is 0 Å². The molecule has 1 aliphatic heterocycles. The number of para-hydroxylation sites is 1. The van der Waals surface area contributed by atoms with E-state index in [1.807, 2.05) is 36.2 Å². The number of amides is 1. The van der Waals surface area contributed by atoms with Gasteiger partial charge in [0, 0.05) is 19.1 Å². The van der Waals surface area contributed by atoms with Crippen LogP contribution in [0.1, 0.15) is 23.2 Å². The van der Waals surface area contributed by atoms with E-state index in [1.165, 1.54) is 0 Å². The van der Waals surface area contributed by atoms with Gasteiger partial charge in [0.15, 0.2) is 0 Å². The summed E-state index contributed by atoms with van der Waals surface area (Å²) in [5, 5.41) is 3.27. The predicted molar refractivity (Wildman–Crippen MR) is 80.1 cm³/mol. The third-order valence-electron chi connectivity index (χ3n) is 3.66. The topological polar surface area (TPSA) is 41.6 Å². The van der Waals surface area contributed by atoms with E-state index in [0.717, 1.165) is 25.9 Å². The maximum atomic E-state index is 12.6. The van der Waals surface area contributed by atoms with Crippen LogP contribution in [0.25, 0.3) is 0 Å². The Kier molecular flexibility index (Phi) is 5.18. The standard InChI is InChI=1S/C16H22N2O2/c1-3-12-20-15-7-5-4-6-14(15)16(19)18-10-8-13(17-2)9-11-18/h3-7,13,17H,1,8-12H2,2H3. The molecule has 1 aliphatic rings. The molecule has 4 nitrogen and oxygen atoms in total. The molecule has 0 bridgehead atoms. The second-order valence-electron chi connectivity index (χ2n) is 4.95. The number of hydrogen-bond donors (Lipinski definition) is 1. The van der Waals surface area contributed by atoms with E-state index in [-0.39, 0.29) is 5.91 Å². The fourth-order valence-electron chi connectivity index (χ4n) is 2.46. The monoisotopic (exact) mass is 274 g/mol. The van der Waals surface area contributed by atoms with Gasteiger partial charge in [-0.1, -0.05) is 24.8 Å². The van der Waals surface area contributed by atoms with Crippen LogP contribution in [0.3, 0.4) is 0 Å². The summed E-state index contributed by atoms with van der Waals surface area (Å²) in [5.41, 5.74) is 0.636. The van der Waals surface area contributed by atoms with E-state index in [4.69, 9.17) is 4.74 Å². The minimum Gasteiger partial charge on any atom is -0.489 e. The highest BCUT2D eigenvalue weighted by molar-refractivity contribution is 5.97. The van der Waals surface area contributed by atoms with Crippen LogP contribution >= 0.6 is 0 Å². The summed E-state index contributed by atoms with van der Waals surface area (Å²) in [7, 11) is 1.97. The average molecular weight is 274 g/mol. The molecule has 1 aromatic carbocycles. The van der Waals surface area contributed by atoms with E-state index < -0.39 is 0 Å². The Morgan fingerprint density at radius 3 is 2.80 bits per heavy atom. The smallest absolute Gasteiger partial charge is 0.257 e. The first kappa shape index (κ1) is 14.6. The Labute approximate surface area is 120 Å². The van der Waals surface area contributed by atoms with Crippen molar-refractivity contribution in [1.82, 2.24) is 10.2 Å². The Morgan fingerprint density at radius 2 is 2.15 bits per heavy atom. The minimum atomic E-state index is 0.0548. The fourth-order valence-corrected chi connectivity index (χ4v) is 2.46. The number of carbonyl (C=O) groups is 1. The van der Waals surface area contributed by atoms with Crippen molar-refractivity contribution in [2.75, 3.05) is 26.7 Å². The fraction of sp³-hybridized carbons (Fsp3) is 0.438. The molecule has 1 amide bonds. The quantitative estimate of drug-likeness (QED) is 0.836. The van der Waals surface area contributed by atoms with Gasteiger partial charge in [-0.05, 0) is 32.0 Å². The van der Waals surface area contributed by atoms with Crippen molar-refractivity contribution >= 4 is 5.91 Å².